The Morgan fingerprint density at radius 1 is 1.44 bits per heavy atom. The highest BCUT2D eigenvalue weighted by atomic mass is 79.9. The molecule has 0 aliphatic rings. The minimum atomic E-state index is -0.171. The van der Waals surface area contributed by atoms with Gasteiger partial charge >= 0.3 is 0 Å². The van der Waals surface area contributed by atoms with Crippen LogP contribution in [0.1, 0.15) is 5.69 Å². The highest BCUT2D eigenvalue weighted by Crippen LogP contribution is 2.20. The topological polar surface area (TPSA) is 85.8 Å². The van der Waals surface area contributed by atoms with Crippen LogP contribution in [-0.4, -0.2) is 20.9 Å². The Morgan fingerprint density at radius 2 is 2.22 bits per heavy atom. The molecule has 1 aromatic heterocycles. The van der Waals surface area contributed by atoms with Crippen LogP contribution in [0.3, 0.4) is 0 Å². The smallest absolute Gasteiger partial charge is 0.246 e. The van der Waals surface area contributed by atoms with Crippen molar-refractivity contribution in [1.82, 2.24) is 15.0 Å². The lowest BCUT2D eigenvalue weighted by Crippen LogP contribution is -2.19. The molecule has 6 nitrogen and oxygen atoms in total. The minimum absolute atomic E-state index is 0.105. The van der Waals surface area contributed by atoms with Gasteiger partial charge in [0, 0.05) is 11.0 Å². The fraction of sp³-hybridized carbons (Fsp3) is 0.182. The zero-order valence-corrected chi connectivity index (χ0v) is 11.1. The quantitative estimate of drug-likeness (QED) is 0.886. The van der Waals surface area contributed by atoms with Crippen LogP contribution in [0.2, 0.25) is 0 Å². The monoisotopic (exact) mass is 309 g/mol. The molecular weight excluding hydrogens is 298 g/mol. The van der Waals surface area contributed by atoms with E-state index in [2.05, 4.69) is 31.6 Å². The van der Waals surface area contributed by atoms with Crippen molar-refractivity contribution in [3.8, 4) is 0 Å². The minimum Gasteiger partial charge on any atom is -0.325 e. The molecule has 0 atom stereocenters. The SMILES string of the molecule is NCc1cn(CC(=O)Nc2ccccc2Br)nn1. The Balaban J connectivity index is 1.99. The highest BCUT2D eigenvalue weighted by Gasteiger charge is 2.07. The molecule has 0 bridgehead atoms. The summed E-state index contributed by atoms with van der Waals surface area (Å²) in [6, 6.07) is 7.40. The van der Waals surface area contributed by atoms with E-state index >= 15 is 0 Å². The Kier molecular flexibility index (Phi) is 4.06. The van der Waals surface area contributed by atoms with Crippen LogP contribution in [-0.2, 0) is 17.9 Å². The molecule has 0 aliphatic heterocycles. The molecule has 94 valence electrons. The van der Waals surface area contributed by atoms with Gasteiger partial charge in [0.25, 0.3) is 0 Å². The zero-order chi connectivity index (χ0) is 13.0. The number of amides is 1. The van der Waals surface area contributed by atoms with Crippen LogP contribution >= 0.6 is 15.9 Å². The predicted molar refractivity (Wildman–Crippen MR) is 70.7 cm³/mol. The van der Waals surface area contributed by atoms with Crippen molar-refractivity contribution in [2.45, 2.75) is 13.1 Å². The number of nitrogens with zero attached hydrogens (tertiary/aromatic N) is 3. The lowest BCUT2D eigenvalue weighted by molar-refractivity contribution is -0.116. The third kappa shape index (κ3) is 3.14. The number of benzene rings is 1. The van der Waals surface area contributed by atoms with Gasteiger partial charge in [0.2, 0.25) is 5.91 Å². The van der Waals surface area contributed by atoms with Gasteiger partial charge in [0.1, 0.15) is 6.54 Å². The van der Waals surface area contributed by atoms with E-state index in [1.54, 1.807) is 6.20 Å². The van der Waals surface area contributed by atoms with Crippen LogP contribution < -0.4 is 11.1 Å². The second kappa shape index (κ2) is 5.74. The standard InChI is InChI=1S/C11H12BrN5O/c12-9-3-1-2-4-10(9)14-11(18)7-17-6-8(5-13)15-16-17/h1-4,6H,5,7,13H2,(H,14,18). The van der Waals surface area contributed by atoms with Gasteiger partial charge in [-0.15, -0.1) is 5.10 Å². The summed E-state index contributed by atoms with van der Waals surface area (Å²) in [5.74, 6) is -0.171. The first-order valence-corrected chi connectivity index (χ1v) is 6.12. The Labute approximate surface area is 112 Å². The van der Waals surface area contributed by atoms with Crippen LogP contribution in [0.25, 0.3) is 0 Å². The number of hydrogen-bond acceptors (Lipinski definition) is 4. The number of carbonyl (C=O) groups is 1. The molecule has 2 aromatic rings. The Morgan fingerprint density at radius 3 is 2.89 bits per heavy atom. The molecule has 0 aliphatic carbocycles. The van der Waals surface area contributed by atoms with Crippen LogP contribution in [0.5, 0.6) is 0 Å². The number of aromatic nitrogens is 3. The summed E-state index contributed by atoms with van der Waals surface area (Å²) >= 11 is 3.36. The number of nitrogens with two attached hydrogens (primary N) is 1. The number of anilines is 1. The molecule has 3 N–H and O–H groups in total. The fourth-order valence-electron chi connectivity index (χ4n) is 1.41. The van der Waals surface area contributed by atoms with Crippen molar-refractivity contribution in [1.29, 1.82) is 0 Å². The molecular formula is C11H12BrN5O. The third-order valence-corrected chi connectivity index (χ3v) is 2.94. The van der Waals surface area contributed by atoms with E-state index in [4.69, 9.17) is 5.73 Å². The van der Waals surface area contributed by atoms with Crippen molar-refractivity contribution < 1.29 is 4.79 Å². The molecule has 0 saturated heterocycles. The average Bonchev–Trinajstić information content (AvgIpc) is 2.80. The van der Waals surface area contributed by atoms with Gasteiger partial charge in [0.15, 0.2) is 0 Å². The van der Waals surface area contributed by atoms with Crippen LogP contribution in [0, 0.1) is 0 Å². The summed E-state index contributed by atoms with van der Waals surface area (Å²) in [5.41, 5.74) is 6.79. The van der Waals surface area contributed by atoms with Crippen LogP contribution in [0.15, 0.2) is 34.9 Å². The summed E-state index contributed by atoms with van der Waals surface area (Å²) in [7, 11) is 0. The van der Waals surface area contributed by atoms with E-state index < -0.39 is 0 Å². The zero-order valence-electron chi connectivity index (χ0n) is 9.51. The van der Waals surface area contributed by atoms with Gasteiger partial charge in [-0.25, -0.2) is 4.68 Å². The molecule has 0 fully saturated rings. The summed E-state index contributed by atoms with van der Waals surface area (Å²) < 4.78 is 2.29. The first-order chi connectivity index (χ1) is 8.69. The van der Waals surface area contributed by atoms with E-state index in [9.17, 15) is 4.79 Å². The molecule has 0 radical (unpaired) electrons. The van der Waals surface area contributed by atoms with E-state index in [-0.39, 0.29) is 12.5 Å². The number of carbonyl (C=O) groups excluding carboxylic acids is 1. The lowest BCUT2D eigenvalue weighted by Gasteiger charge is -2.06. The fourth-order valence-corrected chi connectivity index (χ4v) is 1.79. The Hall–Kier alpha value is -1.73. The van der Waals surface area contributed by atoms with E-state index in [1.807, 2.05) is 24.3 Å². The van der Waals surface area contributed by atoms with Crippen molar-refractivity contribution in [2.75, 3.05) is 5.32 Å². The summed E-state index contributed by atoms with van der Waals surface area (Å²) in [6.07, 6.45) is 1.65. The first-order valence-electron chi connectivity index (χ1n) is 5.32. The average molecular weight is 310 g/mol. The Bertz CT molecular complexity index is 554. The van der Waals surface area contributed by atoms with Crippen LogP contribution in [0.4, 0.5) is 5.69 Å². The number of hydrogen-bond donors (Lipinski definition) is 2. The highest BCUT2D eigenvalue weighted by molar-refractivity contribution is 9.10. The molecule has 0 unspecified atom stereocenters. The summed E-state index contributed by atoms with van der Waals surface area (Å²) in [4.78, 5) is 11.8. The maximum absolute atomic E-state index is 11.8. The number of rotatable bonds is 4. The van der Waals surface area contributed by atoms with Crippen molar-refractivity contribution in [2.24, 2.45) is 5.73 Å². The van der Waals surface area contributed by atoms with Crippen molar-refractivity contribution in [3.63, 3.8) is 0 Å². The second-order valence-corrected chi connectivity index (χ2v) is 4.49. The maximum atomic E-state index is 11.8. The number of para-hydroxylation sites is 1. The predicted octanol–water partition coefficient (Wildman–Crippen LogP) is 1.14. The molecule has 2 rings (SSSR count). The van der Waals surface area contributed by atoms with E-state index in [0.717, 1.165) is 10.2 Å². The molecule has 0 spiro atoms. The van der Waals surface area contributed by atoms with Crippen molar-refractivity contribution >= 4 is 27.5 Å². The van der Waals surface area contributed by atoms with E-state index in [1.165, 1.54) is 4.68 Å². The first kappa shape index (κ1) is 12.7. The molecule has 18 heavy (non-hydrogen) atoms. The van der Waals surface area contributed by atoms with Gasteiger partial charge in [-0.1, -0.05) is 17.3 Å². The van der Waals surface area contributed by atoms with Gasteiger partial charge in [0.05, 0.1) is 17.6 Å². The molecule has 0 saturated carbocycles. The molecule has 1 heterocycles. The van der Waals surface area contributed by atoms with Gasteiger partial charge in [-0.3, -0.25) is 4.79 Å². The lowest BCUT2D eigenvalue weighted by atomic mass is 10.3. The van der Waals surface area contributed by atoms with Crippen molar-refractivity contribution in [3.05, 3.63) is 40.6 Å². The molecule has 1 aromatic carbocycles. The van der Waals surface area contributed by atoms with Gasteiger partial charge in [-0.2, -0.15) is 0 Å². The van der Waals surface area contributed by atoms with Gasteiger partial charge in [-0.05, 0) is 28.1 Å². The summed E-state index contributed by atoms with van der Waals surface area (Å²) in [5, 5.41) is 10.4. The molecule has 1 amide bonds. The van der Waals surface area contributed by atoms with Gasteiger partial charge < -0.3 is 11.1 Å². The number of halogens is 1. The molecule has 7 heteroatoms. The normalized spacial score (nSPS) is 10.3. The largest absolute Gasteiger partial charge is 0.325 e. The second-order valence-electron chi connectivity index (χ2n) is 3.64. The van der Waals surface area contributed by atoms with E-state index in [0.29, 0.717) is 12.2 Å². The maximum Gasteiger partial charge on any atom is 0.246 e. The summed E-state index contributed by atoms with van der Waals surface area (Å²) in [6.45, 7) is 0.417. The number of nitrogens with one attached hydrogen (secondary N) is 1. The third-order valence-electron chi connectivity index (χ3n) is 2.25.